The quantitative estimate of drug-likeness (QED) is 0.834. The number of aromatic nitrogens is 1. The Morgan fingerprint density at radius 1 is 1.44 bits per heavy atom. The van der Waals surface area contributed by atoms with Crippen molar-refractivity contribution in [3.05, 3.63) is 41.0 Å². The second-order valence-electron chi connectivity index (χ2n) is 4.10. The van der Waals surface area contributed by atoms with Gasteiger partial charge in [0, 0.05) is 17.5 Å². The molecule has 0 aliphatic rings. The summed E-state index contributed by atoms with van der Waals surface area (Å²) in [5, 5.41) is 13.0. The van der Waals surface area contributed by atoms with Crippen molar-refractivity contribution in [3.8, 4) is 0 Å². The molecule has 4 nitrogen and oxygen atoms in total. The summed E-state index contributed by atoms with van der Waals surface area (Å²) in [6.07, 6.45) is -0.560. The topological polar surface area (TPSA) is 62.2 Å². The van der Waals surface area contributed by atoms with Gasteiger partial charge in [-0.25, -0.2) is 4.98 Å². The van der Waals surface area contributed by atoms with E-state index in [0.29, 0.717) is 10.7 Å². The van der Waals surface area contributed by atoms with Gasteiger partial charge in [0.15, 0.2) is 0 Å². The van der Waals surface area contributed by atoms with Gasteiger partial charge in [0.05, 0.1) is 11.6 Å². The molecule has 2 rings (SSSR count). The van der Waals surface area contributed by atoms with Crippen LogP contribution in [0.1, 0.15) is 17.3 Å². The molecule has 94 valence electrons. The van der Waals surface area contributed by atoms with Gasteiger partial charge in [0.1, 0.15) is 5.15 Å². The molecule has 0 bridgehead atoms. The third-order valence-electron chi connectivity index (χ3n) is 2.48. The van der Waals surface area contributed by atoms with Gasteiger partial charge in [0.25, 0.3) is 5.91 Å². The van der Waals surface area contributed by atoms with Crippen molar-refractivity contribution < 1.29 is 9.90 Å². The van der Waals surface area contributed by atoms with E-state index in [2.05, 4.69) is 10.3 Å². The van der Waals surface area contributed by atoms with E-state index in [1.165, 1.54) is 0 Å². The monoisotopic (exact) mass is 264 g/mol. The zero-order valence-electron chi connectivity index (χ0n) is 9.85. The van der Waals surface area contributed by atoms with Crippen LogP contribution in [0.15, 0.2) is 30.3 Å². The van der Waals surface area contributed by atoms with Gasteiger partial charge in [-0.1, -0.05) is 11.6 Å². The Morgan fingerprint density at radius 2 is 2.22 bits per heavy atom. The minimum atomic E-state index is -0.560. The first kappa shape index (κ1) is 12.8. The molecular weight excluding hydrogens is 252 g/mol. The van der Waals surface area contributed by atoms with Crippen LogP contribution in [-0.2, 0) is 0 Å². The van der Waals surface area contributed by atoms with Crippen LogP contribution < -0.4 is 5.32 Å². The third-order valence-corrected chi connectivity index (χ3v) is 2.69. The minimum absolute atomic E-state index is 0.215. The molecule has 1 atom stereocenters. The van der Waals surface area contributed by atoms with Crippen molar-refractivity contribution in [3.63, 3.8) is 0 Å². The maximum atomic E-state index is 11.8. The van der Waals surface area contributed by atoms with Crippen LogP contribution in [0.2, 0.25) is 5.15 Å². The van der Waals surface area contributed by atoms with Crippen molar-refractivity contribution in [1.29, 1.82) is 0 Å². The van der Waals surface area contributed by atoms with E-state index in [9.17, 15) is 4.79 Å². The summed E-state index contributed by atoms with van der Waals surface area (Å²) in [6.45, 7) is 1.85. The number of aliphatic hydroxyl groups excluding tert-OH is 1. The van der Waals surface area contributed by atoms with Crippen LogP contribution in [0, 0.1) is 0 Å². The number of carbonyl (C=O) groups excluding carboxylic acids is 1. The summed E-state index contributed by atoms with van der Waals surface area (Å²) in [4.78, 5) is 15.9. The van der Waals surface area contributed by atoms with E-state index in [4.69, 9.17) is 16.7 Å². The summed E-state index contributed by atoms with van der Waals surface area (Å²) in [6, 6.07) is 8.68. The molecule has 1 unspecified atom stereocenters. The molecule has 0 aliphatic carbocycles. The van der Waals surface area contributed by atoms with Gasteiger partial charge in [-0.3, -0.25) is 4.79 Å². The Labute approximate surface area is 110 Å². The molecule has 1 aromatic heterocycles. The number of fused-ring (bicyclic) bond motifs is 1. The number of halogens is 1. The molecule has 0 radical (unpaired) electrons. The Bertz CT molecular complexity index is 584. The molecule has 5 heteroatoms. The fourth-order valence-electron chi connectivity index (χ4n) is 1.58. The number of carbonyl (C=O) groups is 1. The summed E-state index contributed by atoms with van der Waals surface area (Å²) in [5.74, 6) is -0.215. The van der Waals surface area contributed by atoms with Crippen molar-refractivity contribution in [2.24, 2.45) is 0 Å². The van der Waals surface area contributed by atoms with Crippen LogP contribution in [0.3, 0.4) is 0 Å². The molecule has 1 heterocycles. The predicted molar refractivity (Wildman–Crippen MR) is 70.8 cm³/mol. The van der Waals surface area contributed by atoms with Crippen LogP contribution in [0.25, 0.3) is 10.9 Å². The Balaban J connectivity index is 2.24. The molecule has 2 N–H and O–H groups in total. The van der Waals surface area contributed by atoms with Crippen molar-refractivity contribution in [2.45, 2.75) is 13.0 Å². The largest absolute Gasteiger partial charge is 0.392 e. The Hall–Kier alpha value is -1.65. The number of nitrogens with one attached hydrogen (secondary N) is 1. The SMILES string of the molecule is CC(O)CNC(=O)c1ccc2nc(Cl)ccc2c1. The van der Waals surface area contributed by atoms with Crippen LogP contribution >= 0.6 is 11.6 Å². The van der Waals surface area contributed by atoms with E-state index >= 15 is 0 Å². The zero-order chi connectivity index (χ0) is 13.1. The first-order valence-electron chi connectivity index (χ1n) is 5.59. The molecule has 0 aliphatic heterocycles. The Kier molecular flexibility index (Phi) is 3.79. The summed E-state index contributed by atoms with van der Waals surface area (Å²) in [5.41, 5.74) is 1.28. The fraction of sp³-hybridized carbons (Fsp3) is 0.231. The van der Waals surface area contributed by atoms with Gasteiger partial charge >= 0.3 is 0 Å². The number of benzene rings is 1. The van der Waals surface area contributed by atoms with Gasteiger partial charge in [-0.15, -0.1) is 0 Å². The average molecular weight is 265 g/mol. The van der Waals surface area contributed by atoms with Gasteiger partial charge in [-0.05, 0) is 37.3 Å². The van der Waals surface area contributed by atoms with Crippen LogP contribution in [-0.4, -0.2) is 28.6 Å². The molecule has 1 amide bonds. The van der Waals surface area contributed by atoms with Gasteiger partial charge in [-0.2, -0.15) is 0 Å². The lowest BCUT2D eigenvalue weighted by molar-refractivity contribution is 0.0924. The molecule has 18 heavy (non-hydrogen) atoms. The lowest BCUT2D eigenvalue weighted by Crippen LogP contribution is -2.30. The number of nitrogens with zero attached hydrogens (tertiary/aromatic N) is 1. The summed E-state index contributed by atoms with van der Waals surface area (Å²) in [7, 11) is 0. The first-order valence-corrected chi connectivity index (χ1v) is 5.96. The van der Waals surface area contributed by atoms with Crippen molar-refractivity contribution >= 4 is 28.4 Å². The lowest BCUT2D eigenvalue weighted by atomic mass is 10.1. The number of hydrogen-bond donors (Lipinski definition) is 2. The second kappa shape index (κ2) is 5.33. The fourth-order valence-corrected chi connectivity index (χ4v) is 1.74. The van der Waals surface area contributed by atoms with Crippen molar-refractivity contribution in [1.82, 2.24) is 10.3 Å². The predicted octanol–water partition coefficient (Wildman–Crippen LogP) is 2.00. The maximum absolute atomic E-state index is 11.8. The number of rotatable bonds is 3. The maximum Gasteiger partial charge on any atom is 0.251 e. The standard InChI is InChI=1S/C13H13ClN2O2/c1-8(17)7-15-13(18)10-2-4-11-9(6-10)3-5-12(14)16-11/h2-6,8,17H,7H2,1H3,(H,15,18). The lowest BCUT2D eigenvalue weighted by Gasteiger charge is -2.07. The number of aliphatic hydroxyl groups is 1. The Morgan fingerprint density at radius 3 is 2.94 bits per heavy atom. The van der Waals surface area contributed by atoms with Crippen molar-refractivity contribution in [2.75, 3.05) is 6.54 Å². The number of hydrogen-bond acceptors (Lipinski definition) is 3. The average Bonchev–Trinajstić information content (AvgIpc) is 2.35. The van der Waals surface area contributed by atoms with E-state index in [0.717, 1.165) is 10.9 Å². The highest BCUT2D eigenvalue weighted by Gasteiger charge is 2.07. The van der Waals surface area contributed by atoms with Crippen LogP contribution in [0.4, 0.5) is 0 Å². The van der Waals surface area contributed by atoms with Gasteiger partial charge in [0.2, 0.25) is 0 Å². The number of amides is 1. The molecule has 1 aromatic carbocycles. The third kappa shape index (κ3) is 2.97. The molecule has 2 aromatic rings. The molecule has 0 saturated carbocycles. The summed E-state index contributed by atoms with van der Waals surface area (Å²) < 4.78 is 0. The molecular formula is C13H13ClN2O2. The highest BCUT2D eigenvalue weighted by molar-refractivity contribution is 6.29. The first-order chi connectivity index (χ1) is 8.56. The van der Waals surface area contributed by atoms with Gasteiger partial charge < -0.3 is 10.4 Å². The van der Waals surface area contributed by atoms with E-state index in [1.54, 1.807) is 31.2 Å². The minimum Gasteiger partial charge on any atom is -0.392 e. The summed E-state index contributed by atoms with van der Waals surface area (Å²) >= 11 is 5.79. The zero-order valence-corrected chi connectivity index (χ0v) is 10.6. The number of pyridine rings is 1. The van der Waals surface area contributed by atoms with E-state index < -0.39 is 6.10 Å². The molecule has 0 saturated heterocycles. The second-order valence-corrected chi connectivity index (χ2v) is 4.49. The van der Waals surface area contributed by atoms with Crippen LogP contribution in [0.5, 0.6) is 0 Å². The highest BCUT2D eigenvalue weighted by atomic mass is 35.5. The highest BCUT2D eigenvalue weighted by Crippen LogP contribution is 2.17. The van der Waals surface area contributed by atoms with E-state index in [-0.39, 0.29) is 12.5 Å². The normalized spacial score (nSPS) is 12.4. The van der Waals surface area contributed by atoms with E-state index in [1.807, 2.05) is 6.07 Å². The molecule has 0 fully saturated rings. The smallest absolute Gasteiger partial charge is 0.251 e. The molecule has 0 spiro atoms.